The molecule has 128 valence electrons. The van der Waals surface area contributed by atoms with Gasteiger partial charge in [0.2, 0.25) is 5.88 Å². The van der Waals surface area contributed by atoms with Gasteiger partial charge in [0.1, 0.15) is 11.6 Å². The van der Waals surface area contributed by atoms with Crippen LogP contribution in [0.15, 0.2) is 28.0 Å². The summed E-state index contributed by atoms with van der Waals surface area (Å²) in [6.45, 7) is 1.54. The number of pyridine rings is 1. The Hall–Kier alpha value is -3.11. The molecule has 0 amide bonds. The van der Waals surface area contributed by atoms with Crippen LogP contribution in [-0.4, -0.2) is 29.0 Å². The average Bonchev–Trinajstić information content (AvgIpc) is 2.61. The van der Waals surface area contributed by atoms with E-state index >= 15 is 0 Å². The summed E-state index contributed by atoms with van der Waals surface area (Å²) in [7, 11) is 2.59. The molecule has 0 saturated carbocycles. The molecule has 1 aromatic heterocycles. The van der Waals surface area contributed by atoms with Gasteiger partial charge in [0.15, 0.2) is 0 Å². The highest BCUT2D eigenvalue weighted by atomic mass is 35.5. The fourth-order valence-corrected chi connectivity index (χ4v) is 2.39. The van der Waals surface area contributed by atoms with Crippen LogP contribution in [0.5, 0.6) is 5.88 Å². The number of ether oxygens (including phenoxy) is 1. The molecule has 0 atom stereocenters. The monoisotopic (exact) mass is 359 g/mol. The van der Waals surface area contributed by atoms with Gasteiger partial charge in [-0.25, -0.2) is 4.79 Å². The van der Waals surface area contributed by atoms with Crippen LogP contribution in [0.25, 0.3) is 0 Å². The standard InChI is InChI=1S/C17H14ClN3O4/c1-9-12(7-19)15(22)21(2)16(23)13(9)8-20-10-4-5-14(18)11(6-10)17(24)25-3/h4-6,8,23H,1-3H3. The number of hydrogen-bond donors (Lipinski definition) is 1. The Morgan fingerprint density at radius 2 is 2.16 bits per heavy atom. The summed E-state index contributed by atoms with van der Waals surface area (Å²) in [6.07, 6.45) is 1.31. The van der Waals surface area contributed by atoms with Crippen molar-refractivity contribution in [3.05, 3.63) is 55.8 Å². The summed E-state index contributed by atoms with van der Waals surface area (Å²) in [4.78, 5) is 27.8. The van der Waals surface area contributed by atoms with E-state index in [1.54, 1.807) is 13.0 Å². The maximum Gasteiger partial charge on any atom is 0.339 e. The van der Waals surface area contributed by atoms with Crippen LogP contribution in [0.2, 0.25) is 5.02 Å². The van der Waals surface area contributed by atoms with Gasteiger partial charge in [0, 0.05) is 13.3 Å². The first-order chi connectivity index (χ1) is 11.8. The van der Waals surface area contributed by atoms with Gasteiger partial charge in [-0.15, -0.1) is 0 Å². The summed E-state index contributed by atoms with van der Waals surface area (Å²) in [5, 5.41) is 19.5. The zero-order valence-electron chi connectivity index (χ0n) is 13.7. The highest BCUT2D eigenvalue weighted by molar-refractivity contribution is 6.33. The van der Waals surface area contributed by atoms with Crippen LogP contribution in [0.4, 0.5) is 5.69 Å². The van der Waals surface area contributed by atoms with E-state index in [4.69, 9.17) is 16.9 Å². The van der Waals surface area contributed by atoms with Crippen LogP contribution in [0.3, 0.4) is 0 Å². The molecule has 1 aromatic carbocycles. The fraction of sp³-hybridized carbons (Fsp3) is 0.176. The number of nitriles is 1. The van der Waals surface area contributed by atoms with E-state index < -0.39 is 11.5 Å². The van der Waals surface area contributed by atoms with E-state index in [-0.39, 0.29) is 27.6 Å². The minimum Gasteiger partial charge on any atom is -0.494 e. The molecule has 0 aliphatic carbocycles. The molecule has 7 nitrogen and oxygen atoms in total. The molecule has 0 bridgehead atoms. The van der Waals surface area contributed by atoms with E-state index in [2.05, 4.69) is 9.73 Å². The second kappa shape index (κ2) is 7.20. The molecule has 0 unspecified atom stereocenters. The van der Waals surface area contributed by atoms with Gasteiger partial charge in [0.25, 0.3) is 5.56 Å². The smallest absolute Gasteiger partial charge is 0.339 e. The Balaban J connectivity index is 2.55. The topological polar surface area (TPSA) is 105 Å². The molecule has 0 radical (unpaired) electrons. The largest absolute Gasteiger partial charge is 0.494 e. The lowest BCUT2D eigenvalue weighted by atomic mass is 10.1. The predicted molar refractivity (Wildman–Crippen MR) is 92.8 cm³/mol. The molecule has 0 aliphatic heterocycles. The number of aromatic nitrogens is 1. The molecule has 8 heteroatoms. The Morgan fingerprint density at radius 1 is 1.48 bits per heavy atom. The van der Waals surface area contributed by atoms with Crippen LogP contribution in [0, 0.1) is 18.3 Å². The van der Waals surface area contributed by atoms with Gasteiger partial charge >= 0.3 is 5.97 Å². The number of halogens is 1. The molecule has 0 aliphatic rings. The lowest BCUT2D eigenvalue weighted by molar-refractivity contribution is 0.0601. The number of rotatable bonds is 3. The van der Waals surface area contributed by atoms with E-state index in [0.29, 0.717) is 11.3 Å². The first-order valence-electron chi connectivity index (χ1n) is 7.06. The van der Waals surface area contributed by atoms with Gasteiger partial charge < -0.3 is 9.84 Å². The molecule has 25 heavy (non-hydrogen) atoms. The van der Waals surface area contributed by atoms with Gasteiger partial charge in [0.05, 0.1) is 28.9 Å². The van der Waals surface area contributed by atoms with Crippen molar-refractivity contribution in [1.82, 2.24) is 4.57 Å². The molecule has 0 fully saturated rings. The van der Waals surface area contributed by atoms with Crippen molar-refractivity contribution in [1.29, 1.82) is 5.26 Å². The number of aromatic hydroxyl groups is 1. The van der Waals surface area contributed by atoms with Crippen LogP contribution >= 0.6 is 11.6 Å². The fourth-order valence-electron chi connectivity index (χ4n) is 2.19. The third-order valence-electron chi connectivity index (χ3n) is 3.67. The first-order valence-corrected chi connectivity index (χ1v) is 7.44. The molecule has 2 rings (SSSR count). The van der Waals surface area contributed by atoms with E-state index in [9.17, 15) is 14.7 Å². The van der Waals surface area contributed by atoms with E-state index in [0.717, 1.165) is 4.57 Å². The number of methoxy groups -OCH3 is 1. The van der Waals surface area contributed by atoms with Crippen molar-refractivity contribution < 1.29 is 14.6 Å². The minimum atomic E-state index is -0.602. The zero-order valence-corrected chi connectivity index (χ0v) is 14.5. The van der Waals surface area contributed by atoms with Gasteiger partial charge in [-0.05, 0) is 30.7 Å². The Morgan fingerprint density at radius 3 is 2.76 bits per heavy atom. The normalized spacial score (nSPS) is 10.7. The first kappa shape index (κ1) is 18.2. The van der Waals surface area contributed by atoms with Crippen LogP contribution < -0.4 is 5.56 Å². The number of carbonyl (C=O) groups excluding carboxylic acids is 1. The van der Waals surface area contributed by atoms with Crippen LogP contribution in [0.1, 0.15) is 27.0 Å². The highest BCUT2D eigenvalue weighted by Gasteiger charge is 2.16. The van der Waals surface area contributed by atoms with Crippen LogP contribution in [-0.2, 0) is 11.8 Å². The summed E-state index contributed by atoms with van der Waals surface area (Å²) >= 11 is 5.95. The summed E-state index contributed by atoms with van der Waals surface area (Å²) in [6, 6.07) is 6.33. The second-order valence-electron chi connectivity index (χ2n) is 5.13. The number of benzene rings is 1. The number of carbonyl (C=O) groups is 1. The third kappa shape index (κ3) is 3.39. The molecule has 1 heterocycles. The SMILES string of the molecule is COC(=O)c1cc(N=Cc2c(C)c(C#N)c(=O)n(C)c2O)ccc1Cl. The Labute approximate surface area is 148 Å². The van der Waals surface area contributed by atoms with Crippen molar-refractivity contribution in [2.45, 2.75) is 6.92 Å². The second-order valence-corrected chi connectivity index (χ2v) is 5.53. The minimum absolute atomic E-state index is 0.0758. The van der Waals surface area contributed by atoms with Gasteiger partial charge in [-0.2, -0.15) is 5.26 Å². The average molecular weight is 360 g/mol. The van der Waals surface area contributed by atoms with Crippen molar-refractivity contribution in [3.63, 3.8) is 0 Å². The lowest BCUT2D eigenvalue weighted by Crippen LogP contribution is -2.22. The summed E-state index contributed by atoms with van der Waals surface area (Å²) in [5.41, 5.74) is 0.415. The molecule has 2 aromatic rings. The van der Waals surface area contributed by atoms with E-state index in [1.165, 1.54) is 32.5 Å². The zero-order chi connectivity index (χ0) is 18.7. The maximum atomic E-state index is 11.9. The predicted octanol–water partition coefficient (Wildman–Crippen LogP) is 2.46. The number of nitrogens with zero attached hydrogens (tertiary/aromatic N) is 3. The molecule has 0 saturated heterocycles. The lowest BCUT2D eigenvalue weighted by Gasteiger charge is -2.09. The number of aliphatic imine (C=N–C) groups is 1. The Bertz CT molecular complexity index is 987. The van der Waals surface area contributed by atoms with Crippen molar-refractivity contribution in [3.8, 4) is 11.9 Å². The number of hydrogen-bond acceptors (Lipinski definition) is 6. The quantitative estimate of drug-likeness (QED) is 0.669. The third-order valence-corrected chi connectivity index (χ3v) is 4.00. The van der Waals surface area contributed by atoms with Crippen molar-refractivity contribution >= 4 is 29.5 Å². The maximum absolute atomic E-state index is 11.9. The van der Waals surface area contributed by atoms with Gasteiger partial charge in [-0.1, -0.05) is 11.6 Å². The number of esters is 1. The molecular weight excluding hydrogens is 346 g/mol. The van der Waals surface area contributed by atoms with Crippen molar-refractivity contribution in [2.75, 3.05) is 7.11 Å². The highest BCUT2D eigenvalue weighted by Crippen LogP contribution is 2.24. The molecular formula is C17H14ClN3O4. The summed E-state index contributed by atoms with van der Waals surface area (Å²) < 4.78 is 5.61. The Kier molecular flexibility index (Phi) is 5.25. The van der Waals surface area contributed by atoms with E-state index in [1.807, 2.05) is 6.07 Å². The molecule has 1 N–H and O–H groups in total. The summed E-state index contributed by atoms with van der Waals surface area (Å²) in [5.74, 6) is -0.914. The van der Waals surface area contributed by atoms with Crippen molar-refractivity contribution in [2.24, 2.45) is 12.0 Å². The molecule has 0 spiro atoms. The van der Waals surface area contributed by atoms with Gasteiger partial charge in [-0.3, -0.25) is 14.4 Å².